The normalized spacial score (nSPS) is 15.1. The van der Waals surface area contributed by atoms with Crippen LogP contribution in [0.3, 0.4) is 0 Å². The minimum atomic E-state index is -0.230. The quantitative estimate of drug-likeness (QED) is 0.714. The van der Waals surface area contributed by atoms with Gasteiger partial charge < -0.3 is 0 Å². The van der Waals surface area contributed by atoms with Crippen LogP contribution < -0.4 is 0 Å². The van der Waals surface area contributed by atoms with Crippen molar-refractivity contribution >= 4 is 11.6 Å². The molecular formula is C15H16ClFN2. The van der Waals surface area contributed by atoms with Gasteiger partial charge in [-0.05, 0) is 56.4 Å². The van der Waals surface area contributed by atoms with Gasteiger partial charge in [-0.15, -0.1) is 0 Å². The first-order chi connectivity index (χ1) is 9.16. The van der Waals surface area contributed by atoms with E-state index in [1.807, 2.05) is 6.92 Å². The van der Waals surface area contributed by atoms with E-state index in [2.05, 4.69) is 5.10 Å². The van der Waals surface area contributed by atoms with E-state index in [0.29, 0.717) is 5.15 Å². The molecule has 4 heteroatoms. The molecule has 0 saturated carbocycles. The van der Waals surface area contributed by atoms with Gasteiger partial charge in [0.2, 0.25) is 0 Å². The van der Waals surface area contributed by atoms with Gasteiger partial charge in [-0.2, -0.15) is 5.10 Å². The Hall–Kier alpha value is -1.35. The van der Waals surface area contributed by atoms with Crippen molar-refractivity contribution < 1.29 is 4.39 Å². The second-order valence-corrected chi connectivity index (χ2v) is 5.48. The van der Waals surface area contributed by atoms with Gasteiger partial charge >= 0.3 is 0 Å². The second-order valence-electron chi connectivity index (χ2n) is 5.12. The topological polar surface area (TPSA) is 17.8 Å². The molecule has 3 rings (SSSR count). The van der Waals surface area contributed by atoms with Crippen molar-refractivity contribution in [1.29, 1.82) is 0 Å². The highest BCUT2D eigenvalue weighted by atomic mass is 35.5. The predicted molar refractivity (Wildman–Crippen MR) is 74.5 cm³/mol. The first-order valence-electron chi connectivity index (χ1n) is 6.69. The molecule has 1 heterocycles. The molecule has 1 aliphatic carbocycles. The molecule has 0 saturated heterocycles. The Balaban J connectivity index is 2.11. The van der Waals surface area contributed by atoms with Crippen LogP contribution in [0.15, 0.2) is 18.2 Å². The predicted octanol–water partition coefficient (Wildman–Crippen LogP) is 4.24. The average molecular weight is 279 g/mol. The van der Waals surface area contributed by atoms with Crippen LogP contribution in [-0.2, 0) is 12.8 Å². The van der Waals surface area contributed by atoms with Crippen LogP contribution >= 0.6 is 11.6 Å². The van der Waals surface area contributed by atoms with Crippen LogP contribution in [-0.4, -0.2) is 9.78 Å². The molecule has 0 fully saturated rings. The summed E-state index contributed by atoms with van der Waals surface area (Å²) >= 11 is 6.47. The van der Waals surface area contributed by atoms with E-state index in [1.54, 1.807) is 10.7 Å². The molecular weight excluding hydrogens is 263 g/mol. The smallest absolute Gasteiger partial charge is 0.136 e. The summed E-state index contributed by atoms with van der Waals surface area (Å²) in [5.41, 5.74) is 3.98. The Labute approximate surface area is 117 Å². The molecule has 1 aliphatic rings. The van der Waals surface area contributed by atoms with Crippen molar-refractivity contribution in [2.24, 2.45) is 0 Å². The summed E-state index contributed by atoms with van der Waals surface area (Å²) in [7, 11) is 0. The third-order valence-corrected chi connectivity index (χ3v) is 4.12. The molecule has 0 spiro atoms. The molecule has 19 heavy (non-hydrogen) atoms. The van der Waals surface area contributed by atoms with Gasteiger partial charge in [0.1, 0.15) is 11.0 Å². The summed E-state index contributed by atoms with van der Waals surface area (Å²) in [4.78, 5) is 0. The highest BCUT2D eigenvalue weighted by Gasteiger charge is 2.19. The number of benzene rings is 1. The average Bonchev–Trinajstić information content (AvgIpc) is 2.57. The largest absolute Gasteiger partial charge is 0.221 e. The van der Waals surface area contributed by atoms with Crippen LogP contribution in [0.25, 0.3) is 5.69 Å². The monoisotopic (exact) mass is 278 g/mol. The molecule has 1 aromatic heterocycles. The fourth-order valence-corrected chi connectivity index (χ4v) is 3.04. The molecule has 0 radical (unpaired) electrons. The van der Waals surface area contributed by atoms with Gasteiger partial charge in [0.15, 0.2) is 0 Å². The summed E-state index contributed by atoms with van der Waals surface area (Å²) in [5, 5.41) is 5.32. The summed E-state index contributed by atoms with van der Waals surface area (Å²) in [6.45, 7) is 1.88. The van der Waals surface area contributed by atoms with Gasteiger partial charge in [0, 0.05) is 5.56 Å². The number of aromatic nitrogens is 2. The maximum Gasteiger partial charge on any atom is 0.136 e. The first kappa shape index (κ1) is 12.7. The molecule has 0 bridgehead atoms. The van der Waals surface area contributed by atoms with Crippen LogP contribution in [0.4, 0.5) is 4.39 Å². The zero-order valence-electron chi connectivity index (χ0n) is 10.9. The van der Waals surface area contributed by atoms with Crippen molar-refractivity contribution in [3.63, 3.8) is 0 Å². The van der Waals surface area contributed by atoms with Gasteiger partial charge in [-0.3, -0.25) is 0 Å². The molecule has 100 valence electrons. The summed E-state index contributed by atoms with van der Waals surface area (Å²) in [6.07, 6.45) is 5.56. The SMILES string of the molecule is Cc1cc(F)ccc1-n1nc2c(c1Cl)CCCCC2. The standard InChI is InChI=1S/C15H16ClFN2/c1-10-9-11(17)7-8-14(10)19-15(16)12-5-3-2-4-6-13(12)18-19/h7-9H,2-6H2,1H3. The van der Waals surface area contributed by atoms with E-state index in [4.69, 9.17) is 11.6 Å². The number of fused-ring (bicyclic) bond motifs is 1. The maximum atomic E-state index is 13.2. The molecule has 0 N–H and O–H groups in total. The summed E-state index contributed by atoms with van der Waals surface area (Å²) in [5.74, 6) is -0.230. The van der Waals surface area contributed by atoms with Crippen molar-refractivity contribution in [1.82, 2.24) is 9.78 Å². The van der Waals surface area contributed by atoms with Gasteiger partial charge in [0.25, 0.3) is 0 Å². The second kappa shape index (κ2) is 4.97. The zero-order valence-corrected chi connectivity index (χ0v) is 11.7. The van der Waals surface area contributed by atoms with Crippen molar-refractivity contribution in [2.75, 3.05) is 0 Å². The Morgan fingerprint density at radius 3 is 2.79 bits per heavy atom. The molecule has 0 aliphatic heterocycles. The maximum absolute atomic E-state index is 13.2. The van der Waals surface area contributed by atoms with E-state index in [1.165, 1.54) is 37.0 Å². The molecule has 0 amide bonds. The van der Waals surface area contributed by atoms with Gasteiger partial charge in [-0.25, -0.2) is 9.07 Å². The van der Waals surface area contributed by atoms with E-state index in [0.717, 1.165) is 29.8 Å². The number of aryl methyl sites for hydroxylation is 2. The van der Waals surface area contributed by atoms with Crippen molar-refractivity contribution in [3.05, 3.63) is 46.0 Å². The number of rotatable bonds is 1. The number of hydrogen-bond acceptors (Lipinski definition) is 1. The lowest BCUT2D eigenvalue weighted by atomic mass is 10.1. The fourth-order valence-electron chi connectivity index (χ4n) is 2.71. The van der Waals surface area contributed by atoms with Crippen LogP contribution in [0.1, 0.15) is 36.1 Å². The molecule has 2 aromatic rings. The number of halogens is 2. The van der Waals surface area contributed by atoms with Crippen LogP contribution in [0.5, 0.6) is 0 Å². The highest BCUT2D eigenvalue weighted by Crippen LogP contribution is 2.30. The Morgan fingerprint density at radius 2 is 2.00 bits per heavy atom. The summed E-state index contributed by atoms with van der Waals surface area (Å²) in [6, 6.07) is 4.70. The Kier molecular flexibility index (Phi) is 3.31. The van der Waals surface area contributed by atoms with Crippen LogP contribution in [0, 0.1) is 12.7 Å². The third-order valence-electron chi connectivity index (χ3n) is 3.73. The molecule has 0 atom stereocenters. The molecule has 0 unspecified atom stereocenters. The fraction of sp³-hybridized carbons (Fsp3) is 0.400. The first-order valence-corrected chi connectivity index (χ1v) is 7.07. The number of hydrogen-bond donors (Lipinski definition) is 0. The highest BCUT2D eigenvalue weighted by molar-refractivity contribution is 6.30. The van der Waals surface area contributed by atoms with E-state index in [-0.39, 0.29) is 5.82 Å². The van der Waals surface area contributed by atoms with Crippen LogP contribution in [0.2, 0.25) is 5.15 Å². The lowest BCUT2D eigenvalue weighted by molar-refractivity contribution is 0.625. The lowest BCUT2D eigenvalue weighted by Gasteiger charge is -2.07. The third kappa shape index (κ3) is 2.27. The van der Waals surface area contributed by atoms with E-state index >= 15 is 0 Å². The Bertz CT molecular complexity index is 619. The molecule has 1 aromatic carbocycles. The zero-order chi connectivity index (χ0) is 13.4. The van der Waals surface area contributed by atoms with E-state index < -0.39 is 0 Å². The van der Waals surface area contributed by atoms with Gasteiger partial charge in [-0.1, -0.05) is 18.0 Å². The molecule has 2 nitrogen and oxygen atoms in total. The van der Waals surface area contributed by atoms with E-state index in [9.17, 15) is 4.39 Å². The minimum absolute atomic E-state index is 0.230. The van der Waals surface area contributed by atoms with Gasteiger partial charge in [0.05, 0.1) is 11.4 Å². The number of nitrogens with zero attached hydrogens (tertiary/aromatic N) is 2. The van der Waals surface area contributed by atoms with Crippen molar-refractivity contribution in [2.45, 2.75) is 39.0 Å². The van der Waals surface area contributed by atoms with Crippen molar-refractivity contribution in [3.8, 4) is 5.69 Å². The Morgan fingerprint density at radius 1 is 1.21 bits per heavy atom. The minimum Gasteiger partial charge on any atom is -0.221 e. The lowest BCUT2D eigenvalue weighted by Crippen LogP contribution is -2.01. The summed E-state index contributed by atoms with van der Waals surface area (Å²) < 4.78 is 14.9.